The van der Waals surface area contributed by atoms with Gasteiger partial charge in [-0.05, 0) is 5.92 Å². The van der Waals surface area contributed by atoms with Crippen molar-refractivity contribution in [2.24, 2.45) is 17.4 Å². The molecule has 160 valence electrons. The van der Waals surface area contributed by atoms with E-state index >= 15 is 0 Å². The van der Waals surface area contributed by atoms with E-state index in [2.05, 4.69) is 41.2 Å². The summed E-state index contributed by atoms with van der Waals surface area (Å²) in [6, 6.07) is -4.76. The number of hydrogen-bond donors (Lipinski definition) is 8. The lowest BCUT2D eigenvalue weighted by molar-refractivity contribution is -0.141. The zero-order valence-corrected chi connectivity index (χ0v) is 17.3. The Morgan fingerprint density at radius 2 is 1.29 bits per heavy atom. The largest absolute Gasteiger partial charge is 0.480 e. The van der Waals surface area contributed by atoms with E-state index in [-0.39, 0.29) is 17.4 Å². The fourth-order valence-electron chi connectivity index (χ4n) is 1.91. The molecular formula is C15H27N5O6S2. The first-order valence-electron chi connectivity index (χ1n) is 8.34. The molecule has 0 aliphatic carbocycles. The number of nitrogens with two attached hydrogens (primary N) is 2. The lowest BCUT2D eigenvalue weighted by Gasteiger charge is -2.24. The number of thiol groups is 2. The molecule has 4 atom stereocenters. The van der Waals surface area contributed by atoms with Gasteiger partial charge in [0.25, 0.3) is 0 Å². The van der Waals surface area contributed by atoms with Gasteiger partial charge in [0, 0.05) is 11.5 Å². The summed E-state index contributed by atoms with van der Waals surface area (Å²) in [6.45, 7) is 3.46. The highest BCUT2D eigenvalue weighted by atomic mass is 32.1. The number of carbonyl (C=O) groups is 5. The standard InChI is InChI=1S/C15H27N5O6S2/c1-6(2)11(17)14(24)19-8(4-27)13(23)18-7(3-10(16)21)12(22)20-9(5-28)15(25)26/h6-9,11,27-28H,3-5,17H2,1-2H3,(H2,16,21)(H,18,23)(H,19,24)(H,20,22)(H,25,26). The Bertz CT molecular complexity index is 603. The minimum absolute atomic E-state index is 0.109. The number of carboxylic acid groups (broad SMARTS) is 1. The van der Waals surface area contributed by atoms with Crippen LogP contribution in [-0.2, 0) is 24.0 Å². The van der Waals surface area contributed by atoms with Crippen molar-refractivity contribution in [3.63, 3.8) is 0 Å². The fraction of sp³-hybridized carbons (Fsp3) is 0.667. The number of amides is 4. The van der Waals surface area contributed by atoms with Crippen molar-refractivity contribution in [3.05, 3.63) is 0 Å². The van der Waals surface area contributed by atoms with Crippen LogP contribution in [0.3, 0.4) is 0 Å². The molecule has 0 fully saturated rings. The second-order valence-corrected chi connectivity index (χ2v) is 7.06. The van der Waals surface area contributed by atoms with E-state index in [1.165, 1.54) is 0 Å². The van der Waals surface area contributed by atoms with Crippen molar-refractivity contribution in [3.8, 4) is 0 Å². The molecule has 0 aromatic rings. The maximum atomic E-state index is 12.4. The van der Waals surface area contributed by atoms with E-state index in [9.17, 15) is 24.0 Å². The Kier molecular flexibility index (Phi) is 11.6. The highest BCUT2D eigenvalue weighted by molar-refractivity contribution is 7.80. The Balaban J connectivity index is 5.21. The van der Waals surface area contributed by atoms with E-state index in [0.29, 0.717) is 0 Å². The summed E-state index contributed by atoms with van der Waals surface area (Å²) in [7, 11) is 0. The zero-order valence-electron chi connectivity index (χ0n) is 15.5. The van der Waals surface area contributed by atoms with E-state index < -0.39 is 60.2 Å². The zero-order chi connectivity index (χ0) is 22.0. The molecule has 13 heteroatoms. The van der Waals surface area contributed by atoms with Crippen molar-refractivity contribution in [2.75, 3.05) is 11.5 Å². The lowest BCUT2D eigenvalue weighted by atomic mass is 10.0. The molecule has 0 rings (SSSR count). The Labute approximate surface area is 173 Å². The van der Waals surface area contributed by atoms with Gasteiger partial charge in [-0.2, -0.15) is 25.3 Å². The normalized spacial score (nSPS) is 15.1. The van der Waals surface area contributed by atoms with Crippen molar-refractivity contribution in [2.45, 2.75) is 44.4 Å². The van der Waals surface area contributed by atoms with Crippen LogP contribution >= 0.6 is 25.3 Å². The van der Waals surface area contributed by atoms with Gasteiger partial charge in [0.1, 0.15) is 18.1 Å². The molecular weight excluding hydrogens is 410 g/mol. The van der Waals surface area contributed by atoms with Crippen LogP contribution in [-0.4, -0.2) is 70.4 Å². The summed E-state index contributed by atoms with van der Waals surface area (Å²) in [4.78, 5) is 58.9. The number of carbonyl (C=O) groups excluding carboxylic acids is 4. The Hall–Kier alpha value is -1.99. The van der Waals surface area contributed by atoms with E-state index in [4.69, 9.17) is 16.6 Å². The number of nitrogens with one attached hydrogen (secondary N) is 3. The lowest BCUT2D eigenvalue weighted by Crippen LogP contribution is -2.58. The number of carboxylic acids is 1. The molecule has 0 saturated heterocycles. The third-order valence-electron chi connectivity index (χ3n) is 3.67. The van der Waals surface area contributed by atoms with Crippen molar-refractivity contribution < 1.29 is 29.1 Å². The van der Waals surface area contributed by atoms with Crippen LogP contribution < -0.4 is 27.4 Å². The predicted octanol–water partition coefficient (Wildman–Crippen LogP) is -2.76. The van der Waals surface area contributed by atoms with Crippen molar-refractivity contribution >= 4 is 54.9 Å². The molecule has 0 radical (unpaired) electrons. The van der Waals surface area contributed by atoms with Crippen molar-refractivity contribution in [1.29, 1.82) is 0 Å². The van der Waals surface area contributed by atoms with Crippen LogP contribution in [0.5, 0.6) is 0 Å². The molecule has 0 spiro atoms. The van der Waals surface area contributed by atoms with Gasteiger partial charge in [0.05, 0.1) is 12.5 Å². The molecule has 0 bridgehead atoms. The third kappa shape index (κ3) is 8.80. The molecule has 4 amide bonds. The Morgan fingerprint density at radius 3 is 1.68 bits per heavy atom. The SMILES string of the molecule is CC(C)C(N)C(=O)NC(CS)C(=O)NC(CC(N)=O)C(=O)NC(CS)C(=O)O. The summed E-state index contributed by atoms with van der Waals surface area (Å²) in [5.41, 5.74) is 10.8. The summed E-state index contributed by atoms with van der Waals surface area (Å²) < 4.78 is 0. The molecule has 11 nitrogen and oxygen atoms in total. The van der Waals surface area contributed by atoms with E-state index in [1.807, 2.05) is 0 Å². The first-order valence-corrected chi connectivity index (χ1v) is 9.60. The van der Waals surface area contributed by atoms with Gasteiger partial charge in [-0.3, -0.25) is 19.2 Å². The van der Waals surface area contributed by atoms with Crippen LogP contribution in [0, 0.1) is 5.92 Å². The van der Waals surface area contributed by atoms with Gasteiger partial charge < -0.3 is 32.5 Å². The molecule has 0 aromatic heterocycles. The highest BCUT2D eigenvalue weighted by Crippen LogP contribution is 2.01. The molecule has 28 heavy (non-hydrogen) atoms. The summed E-state index contributed by atoms with van der Waals surface area (Å²) >= 11 is 7.81. The predicted molar refractivity (Wildman–Crippen MR) is 108 cm³/mol. The minimum Gasteiger partial charge on any atom is -0.480 e. The Morgan fingerprint density at radius 1 is 0.857 bits per heavy atom. The molecule has 8 N–H and O–H groups in total. The maximum Gasteiger partial charge on any atom is 0.327 e. The minimum atomic E-state index is -1.44. The van der Waals surface area contributed by atoms with Gasteiger partial charge in [-0.25, -0.2) is 4.79 Å². The highest BCUT2D eigenvalue weighted by Gasteiger charge is 2.30. The molecule has 0 aromatic carbocycles. The first-order chi connectivity index (χ1) is 12.9. The third-order valence-corrected chi connectivity index (χ3v) is 4.40. The fourth-order valence-corrected chi connectivity index (χ4v) is 2.41. The average Bonchev–Trinajstić information content (AvgIpc) is 2.61. The smallest absolute Gasteiger partial charge is 0.327 e. The summed E-state index contributed by atoms with van der Waals surface area (Å²) in [5, 5.41) is 15.8. The van der Waals surface area contributed by atoms with Crippen LogP contribution in [0.25, 0.3) is 0 Å². The monoisotopic (exact) mass is 437 g/mol. The molecule has 4 unspecified atom stereocenters. The summed E-state index contributed by atoms with van der Waals surface area (Å²) in [6.07, 6.45) is -0.574. The van der Waals surface area contributed by atoms with Gasteiger partial charge >= 0.3 is 5.97 Å². The molecule has 0 saturated carbocycles. The second-order valence-electron chi connectivity index (χ2n) is 6.33. The quantitative estimate of drug-likeness (QED) is 0.151. The number of aliphatic carboxylic acids is 1. The molecule has 0 aliphatic rings. The average molecular weight is 438 g/mol. The second kappa shape index (κ2) is 12.5. The van der Waals surface area contributed by atoms with Gasteiger partial charge in [0.15, 0.2) is 0 Å². The summed E-state index contributed by atoms with van der Waals surface area (Å²) in [5.74, 6) is -5.05. The van der Waals surface area contributed by atoms with E-state index in [0.717, 1.165) is 0 Å². The van der Waals surface area contributed by atoms with Gasteiger partial charge in [-0.1, -0.05) is 13.8 Å². The maximum absolute atomic E-state index is 12.4. The van der Waals surface area contributed by atoms with Crippen LogP contribution in [0.15, 0.2) is 0 Å². The number of primary amides is 1. The van der Waals surface area contributed by atoms with E-state index in [1.54, 1.807) is 13.8 Å². The van der Waals surface area contributed by atoms with Gasteiger partial charge in [0.2, 0.25) is 23.6 Å². The topological polar surface area (TPSA) is 194 Å². The van der Waals surface area contributed by atoms with Crippen LogP contribution in [0.2, 0.25) is 0 Å². The molecule has 0 heterocycles. The van der Waals surface area contributed by atoms with Crippen molar-refractivity contribution in [1.82, 2.24) is 16.0 Å². The first kappa shape index (κ1) is 26.0. The van der Waals surface area contributed by atoms with Gasteiger partial charge in [-0.15, -0.1) is 0 Å². The number of hydrogen-bond acceptors (Lipinski definition) is 8. The molecule has 0 aliphatic heterocycles. The van der Waals surface area contributed by atoms with Crippen LogP contribution in [0.4, 0.5) is 0 Å². The number of rotatable bonds is 12. The van der Waals surface area contributed by atoms with Crippen LogP contribution in [0.1, 0.15) is 20.3 Å².